The Bertz CT molecular complexity index is 1050. The summed E-state index contributed by atoms with van der Waals surface area (Å²) in [6.07, 6.45) is 4.26. The van der Waals surface area contributed by atoms with E-state index in [4.69, 9.17) is 9.73 Å². The normalized spacial score (nSPS) is 13.8. The Morgan fingerprint density at radius 3 is 2.57 bits per heavy atom. The maximum atomic E-state index is 12.5. The summed E-state index contributed by atoms with van der Waals surface area (Å²) in [5, 5.41) is 2.91. The van der Waals surface area contributed by atoms with Crippen LogP contribution in [0.5, 0.6) is 5.75 Å². The number of ether oxygens (including phenoxy) is 1. The van der Waals surface area contributed by atoms with Gasteiger partial charge in [-0.2, -0.15) is 0 Å². The fourth-order valence-corrected chi connectivity index (χ4v) is 4.07. The fourth-order valence-electron chi connectivity index (χ4n) is 3.11. The largest absolute Gasteiger partial charge is 0.496 e. The van der Waals surface area contributed by atoms with Gasteiger partial charge in [0.15, 0.2) is 0 Å². The summed E-state index contributed by atoms with van der Waals surface area (Å²) in [4.78, 5) is 19.7. The number of carbonyl (C=O) groups is 1. The lowest BCUT2D eigenvalue weighted by molar-refractivity contribution is -0.117. The maximum Gasteiger partial charge on any atom is 0.251 e. The topological polar surface area (TPSA) is 50.7 Å². The first-order valence-electron chi connectivity index (χ1n) is 9.91. The average Bonchev–Trinajstić information content (AvgIpc) is 2.91. The number of benzene rings is 2. The second-order valence-corrected chi connectivity index (χ2v) is 8.02. The molecule has 0 saturated heterocycles. The van der Waals surface area contributed by atoms with Gasteiger partial charge in [0, 0.05) is 33.0 Å². The number of fused-ring (bicyclic) bond motifs is 1. The Morgan fingerprint density at radius 1 is 1.17 bits per heavy atom. The number of rotatable bonds is 7. The van der Waals surface area contributed by atoms with Crippen LogP contribution in [0.25, 0.3) is 0 Å². The van der Waals surface area contributed by atoms with Crippen LogP contribution in [0.2, 0.25) is 0 Å². The number of para-hydroxylation sites is 1. The van der Waals surface area contributed by atoms with Gasteiger partial charge in [-0.15, -0.1) is 0 Å². The maximum absolute atomic E-state index is 12.5. The summed E-state index contributed by atoms with van der Waals surface area (Å²) < 4.78 is 5.60. The van der Waals surface area contributed by atoms with Crippen molar-refractivity contribution in [3.63, 3.8) is 0 Å². The van der Waals surface area contributed by atoms with Crippen molar-refractivity contribution in [2.24, 2.45) is 4.99 Å². The monoisotopic (exact) mass is 418 g/mol. The van der Waals surface area contributed by atoms with Gasteiger partial charge >= 0.3 is 0 Å². The Labute approximate surface area is 182 Å². The zero-order valence-electron chi connectivity index (χ0n) is 17.6. The second-order valence-electron chi connectivity index (χ2n) is 6.76. The fraction of sp³-hybridized carbons (Fsp3) is 0.200. The first kappa shape index (κ1) is 21.7. The summed E-state index contributed by atoms with van der Waals surface area (Å²) in [6.45, 7) is 8.49. The van der Waals surface area contributed by atoms with E-state index in [1.807, 2.05) is 56.3 Å². The third-order valence-corrected chi connectivity index (χ3v) is 5.76. The number of amides is 1. The van der Waals surface area contributed by atoms with Gasteiger partial charge < -0.3 is 10.1 Å². The summed E-state index contributed by atoms with van der Waals surface area (Å²) in [5.41, 5.74) is 3.98. The molecule has 2 aromatic rings. The standard InChI is InChI=1S/C25H26N2O2S/c1-5-15-26-25(28)18(6-2)16-21-17(3)30-23-14-10-8-12-20(23)24(27-21)19-11-7-9-13-22(19)29-4/h6-14,16H,2,5,15H2,1,3-4H3,(H,26,28)/b18-16+. The zero-order chi connectivity index (χ0) is 21.5. The number of nitrogens with zero attached hydrogens (tertiary/aromatic N) is 1. The molecule has 0 bridgehead atoms. The van der Waals surface area contributed by atoms with Crippen molar-refractivity contribution >= 4 is 23.4 Å². The predicted octanol–water partition coefficient (Wildman–Crippen LogP) is 5.51. The first-order chi connectivity index (χ1) is 14.6. The zero-order valence-corrected chi connectivity index (χ0v) is 18.4. The molecule has 1 N–H and O–H groups in total. The number of methoxy groups -OCH3 is 1. The molecule has 4 nitrogen and oxygen atoms in total. The van der Waals surface area contributed by atoms with Crippen LogP contribution in [0.4, 0.5) is 0 Å². The summed E-state index contributed by atoms with van der Waals surface area (Å²) >= 11 is 1.65. The predicted molar refractivity (Wildman–Crippen MR) is 125 cm³/mol. The molecular weight excluding hydrogens is 392 g/mol. The van der Waals surface area contributed by atoms with Crippen LogP contribution in [0.15, 0.2) is 93.3 Å². The molecule has 0 fully saturated rings. The van der Waals surface area contributed by atoms with Crippen molar-refractivity contribution in [1.82, 2.24) is 5.32 Å². The van der Waals surface area contributed by atoms with Crippen molar-refractivity contribution < 1.29 is 9.53 Å². The molecule has 5 heteroatoms. The van der Waals surface area contributed by atoms with Crippen LogP contribution < -0.4 is 10.1 Å². The third-order valence-electron chi connectivity index (χ3n) is 4.67. The number of hydrogen-bond acceptors (Lipinski definition) is 4. The molecule has 1 amide bonds. The molecule has 1 heterocycles. The molecule has 30 heavy (non-hydrogen) atoms. The molecule has 0 atom stereocenters. The smallest absolute Gasteiger partial charge is 0.251 e. The van der Waals surface area contributed by atoms with Crippen molar-refractivity contribution in [1.29, 1.82) is 0 Å². The van der Waals surface area contributed by atoms with Gasteiger partial charge in [-0.05, 0) is 37.6 Å². The lowest BCUT2D eigenvalue weighted by atomic mass is 10.0. The van der Waals surface area contributed by atoms with E-state index in [1.165, 1.54) is 0 Å². The van der Waals surface area contributed by atoms with E-state index in [2.05, 4.69) is 24.0 Å². The van der Waals surface area contributed by atoms with Crippen molar-refractivity contribution in [3.05, 3.63) is 94.6 Å². The molecule has 0 saturated carbocycles. The van der Waals surface area contributed by atoms with Crippen LogP contribution >= 0.6 is 11.8 Å². The minimum absolute atomic E-state index is 0.145. The molecule has 154 valence electrons. The van der Waals surface area contributed by atoms with Crippen LogP contribution in [0, 0.1) is 0 Å². The van der Waals surface area contributed by atoms with Gasteiger partial charge in [0.05, 0.1) is 18.5 Å². The van der Waals surface area contributed by atoms with Gasteiger partial charge in [-0.1, -0.05) is 61.7 Å². The van der Waals surface area contributed by atoms with E-state index < -0.39 is 0 Å². The summed E-state index contributed by atoms with van der Waals surface area (Å²) in [6, 6.07) is 16.0. The van der Waals surface area contributed by atoms with E-state index in [-0.39, 0.29) is 5.91 Å². The summed E-state index contributed by atoms with van der Waals surface area (Å²) in [7, 11) is 1.66. The van der Waals surface area contributed by atoms with Gasteiger partial charge in [0.25, 0.3) is 5.91 Å². The molecule has 0 unspecified atom stereocenters. The summed E-state index contributed by atoms with van der Waals surface area (Å²) in [5.74, 6) is 0.608. The van der Waals surface area contributed by atoms with Crippen LogP contribution in [0.1, 0.15) is 31.4 Å². The van der Waals surface area contributed by atoms with Crippen LogP contribution in [0.3, 0.4) is 0 Å². The minimum atomic E-state index is -0.145. The Balaban J connectivity index is 2.17. The van der Waals surface area contributed by atoms with Gasteiger partial charge in [0.1, 0.15) is 5.75 Å². The SMILES string of the molecule is C=C/C(=C\C1=C(C)Sc2ccccc2C(c2ccccc2OC)=N1)C(=O)NCCC. The van der Waals surface area contributed by atoms with Crippen molar-refractivity contribution in [2.75, 3.05) is 13.7 Å². The Morgan fingerprint density at radius 2 is 1.87 bits per heavy atom. The quantitative estimate of drug-likeness (QED) is 0.477. The first-order valence-corrected chi connectivity index (χ1v) is 10.7. The molecule has 1 aliphatic heterocycles. The van der Waals surface area contributed by atoms with E-state index >= 15 is 0 Å². The Hall–Kier alpha value is -3.05. The number of nitrogens with one attached hydrogen (secondary N) is 1. The Kier molecular flexibility index (Phi) is 7.31. The van der Waals surface area contributed by atoms with E-state index in [1.54, 1.807) is 24.9 Å². The lowest BCUT2D eigenvalue weighted by Gasteiger charge is -2.13. The number of hydrogen-bond donors (Lipinski definition) is 1. The average molecular weight is 419 g/mol. The molecule has 1 aliphatic rings. The molecule has 0 aromatic heterocycles. The highest BCUT2D eigenvalue weighted by atomic mass is 32.2. The van der Waals surface area contributed by atoms with Gasteiger partial charge in [0.2, 0.25) is 0 Å². The third kappa shape index (κ3) is 4.74. The highest BCUT2D eigenvalue weighted by Gasteiger charge is 2.21. The number of allylic oxidation sites excluding steroid dienone is 2. The number of thioether (sulfide) groups is 1. The molecule has 0 spiro atoms. The van der Waals surface area contributed by atoms with Gasteiger partial charge in [-0.3, -0.25) is 4.79 Å². The second kappa shape index (κ2) is 10.1. The van der Waals surface area contributed by atoms with E-state index in [0.29, 0.717) is 12.1 Å². The highest BCUT2D eigenvalue weighted by molar-refractivity contribution is 8.03. The molecule has 2 aromatic carbocycles. The van der Waals surface area contributed by atoms with Crippen molar-refractivity contribution in [2.45, 2.75) is 25.2 Å². The molecule has 3 rings (SSSR count). The van der Waals surface area contributed by atoms with Crippen LogP contribution in [-0.2, 0) is 4.79 Å². The molecule has 0 radical (unpaired) electrons. The van der Waals surface area contributed by atoms with E-state index in [0.717, 1.165) is 44.5 Å². The molecular formula is C25H26N2O2S. The minimum Gasteiger partial charge on any atom is -0.496 e. The van der Waals surface area contributed by atoms with Gasteiger partial charge in [-0.25, -0.2) is 4.99 Å². The number of carbonyl (C=O) groups excluding carboxylic acids is 1. The number of aliphatic imine (C=N–C) groups is 1. The van der Waals surface area contributed by atoms with Crippen molar-refractivity contribution in [3.8, 4) is 5.75 Å². The highest BCUT2D eigenvalue weighted by Crippen LogP contribution is 2.38. The lowest BCUT2D eigenvalue weighted by Crippen LogP contribution is -2.25. The van der Waals surface area contributed by atoms with Crippen LogP contribution in [-0.4, -0.2) is 25.3 Å². The molecule has 0 aliphatic carbocycles. The van der Waals surface area contributed by atoms with E-state index in [9.17, 15) is 4.79 Å².